The Hall–Kier alpha value is -3.19. The third kappa shape index (κ3) is 4.09. The van der Waals surface area contributed by atoms with Gasteiger partial charge in [0.25, 0.3) is 5.91 Å². The molecule has 7 heteroatoms. The minimum absolute atomic E-state index is 0.0328. The van der Waals surface area contributed by atoms with Crippen LogP contribution in [0.2, 0.25) is 0 Å². The van der Waals surface area contributed by atoms with Crippen molar-refractivity contribution < 1.29 is 14.4 Å². The lowest BCUT2D eigenvalue weighted by molar-refractivity contribution is -0.133. The van der Waals surface area contributed by atoms with Gasteiger partial charge in [0.05, 0.1) is 11.3 Å². The van der Waals surface area contributed by atoms with Crippen molar-refractivity contribution in [2.24, 2.45) is 0 Å². The molecule has 3 heterocycles. The minimum Gasteiger partial charge on any atom is -0.340 e. The van der Waals surface area contributed by atoms with Crippen LogP contribution in [-0.4, -0.2) is 77.4 Å². The Bertz CT molecular complexity index is 1080. The average molecular weight is 461 g/mol. The smallest absolute Gasteiger partial charge is 0.257 e. The molecule has 1 atom stereocenters. The monoisotopic (exact) mass is 460 g/mol. The van der Waals surface area contributed by atoms with Crippen molar-refractivity contribution >= 4 is 23.4 Å². The Balaban J connectivity index is 1.18. The lowest BCUT2D eigenvalue weighted by Crippen LogP contribution is -2.62. The summed E-state index contributed by atoms with van der Waals surface area (Å²) in [6, 6.07) is 17.8. The normalized spacial score (nSPS) is 22.7. The first-order valence-corrected chi connectivity index (χ1v) is 12.3. The van der Waals surface area contributed by atoms with Crippen molar-refractivity contribution in [2.45, 2.75) is 38.3 Å². The van der Waals surface area contributed by atoms with Gasteiger partial charge < -0.3 is 9.80 Å². The zero-order valence-electron chi connectivity index (χ0n) is 19.8. The number of amides is 3. The number of piperazine rings is 1. The molecule has 178 valence electrons. The Morgan fingerprint density at radius 2 is 1.62 bits per heavy atom. The molecule has 0 radical (unpaired) electrons. The summed E-state index contributed by atoms with van der Waals surface area (Å²) in [4.78, 5) is 46.9. The summed E-state index contributed by atoms with van der Waals surface area (Å²) in [6.07, 6.45) is 2.28. The van der Waals surface area contributed by atoms with E-state index in [1.165, 1.54) is 5.56 Å². The van der Waals surface area contributed by atoms with Crippen molar-refractivity contribution in [1.82, 2.24) is 14.7 Å². The second-order valence-corrected chi connectivity index (χ2v) is 9.63. The van der Waals surface area contributed by atoms with Gasteiger partial charge in [-0.25, -0.2) is 0 Å². The maximum atomic E-state index is 13.3. The third-order valence-corrected chi connectivity index (χ3v) is 7.58. The summed E-state index contributed by atoms with van der Waals surface area (Å²) in [5, 5.41) is 0. The number of carbonyl (C=O) groups is 3. The van der Waals surface area contributed by atoms with Gasteiger partial charge in [0, 0.05) is 52.1 Å². The molecule has 34 heavy (non-hydrogen) atoms. The van der Waals surface area contributed by atoms with Crippen LogP contribution in [0.4, 0.5) is 5.69 Å². The topological polar surface area (TPSA) is 64.2 Å². The van der Waals surface area contributed by atoms with Crippen molar-refractivity contribution in [1.29, 1.82) is 0 Å². The summed E-state index contributed by atoms with van der Waals surface area (Å²) in [7, 11) is 0. The molecule has 0 aliphatic carbocycles. The van der Waals surface area contributed by atoms with Crippen molar-refractivity contribution in [2.75, 3.05) is 44.2 Å². The third-order valence-electron chi connectivity index (χ3n) is 7.58. The van der Waals surface area contributed by atoms with Gasteiger partial charge in [-0.15, -0.1) is 0 Å². The van der Waals surface area contributed by atoms with E-state index in [4.69, 9.17) is 0 Å². The molecule has 0 aromatic heterocycles. The van der Waals surface area contributed by atoms with Gasteiger partial charge in [0.1, 0.15) is 5.66 Å². The highest BCUT2D eigenvalue weighted by atomic mass is 16.2. The van der Waals surface area contributed by atoms with Crippen molar-refractivity contribution in [3.63, 3.8) is 0 Å². The fourth-order valence-electron chi connectivity index (χ4n) is 5.56. The molecule has 5 rings (SSSR count). The first-order valence-electron chi connectivity index (χ1n) is 12.3. The number of nitrogens with zero attached hydrogens (tertiary/aromatic N) is 4. The predicted molar refractivity (Wildman–Crippen MR) is 130 cm³/mol. The molecule has 2 aromatic carbocycles. The van der Waals surface area contributed by atoms with Crippen LogP contribution in [0.15, 0.2) is 54.6 Å². The van der Waals surface area contributed by atoms with Crippen LogP contribution < -0.4 is 4.90 Å². The maximum absolute atomic E-state index is 13.3. The Kier molecular flexibility index (Phi) is 6.13. The standard InChI is InChI=1S/C27H32N4O3/c1-27-14-11-25(33)31(27)23-10-6-5-9-22(23)26(34)30(27)16-13-24(32)29-19-17-28(18-20-29)15-12-21-7-3-2-4-8-21/h2-10H,11-20H2,1H3. The van der Waals surface area contributed by atoms with Crippen LogP contribution in [0.3, 0.4) is 0 Å². The number of anilines is 1. The van der Waals surface area contributed by atoms with Crippen molar-refractivity contribution in [3.8, 4) is 0 Å². The number of hydrogen-bond donors (Lipinski definition) is 0. The Morgan fingerprint density at radius 3 is 2.38 bits per heavy atom. The fourth-order valence-corrected chi connectivity index (χ4v) is 5.56. The minimum atomic E-state index is -0.709. The van der Waals surface area contributed by atoms with E-state index in [0.717, 1.165) is 26.1 Å². The molecule has 2 fully saturated rings. The highest BCUT2D eigenvalue weighted by molar-refractivity contribution is 6.10. The van der Waals surface area contributed by atoms with Gasteiger partial charge in [0.2, 0.25) is 11.8 Å². The van der Waals surface area contributed by atoms with Crippen LogP contribution in [0, 0.1) is 0 Å². The van der Waals surface area contributed by atoms with Gasteiger partial charge in [-0.1, -0.05) is 42.5 Å². The molecule has 2 aromatic rings. The van der Waals surface area contributed by atoms with E-state index in [9.17, 15) is 14.4 Å². The summed E-state index contributed by atoms with van der Waals surface area (Å²) in [6.45, 7) is 6.43. The molecular formula is C27H32N4O3. The predicted octanol–water partition coefficient (Wildman–Crippen LogP) is 2.76. The molecule has 0 N–H and O–H groups in total. The van der Waals surface area contributed by atoms with Gasteiger partial charge in [-0.3, -0.25) is 24.2 Å². The average Bonchev–Trinajstić information content (AvgIpc) is 3.18. The van der Waals surface area contributed by atoms with Crippen LogP contribution in [0.5, 0.6) is 0 Å². The van der Waals surface area contributed by atoms with E-state index in [-0.39, 0.29) is 24.1 Å². The van der Waals surface area contributed by atoms with E-state index in [2.05, 4.69) is 29.2 Å². The van der Waals surface area contributed by atoms with Crippen LogP contribution in [-0.2, 0) is 16.0 Å². The zero-order valence-corrected chi connectivity index (χ0v) is 19.8. The lowest BCUT2D eigenvalue weighted by atomic mass is 9.98. The van der Waals surface area contributed by atoms with Gasteiger partial charge >= 0.3 is 0 Å². The first kappa shape index (κ1) is 22.6. The number of para-hydroxylation sites is 1. The molecule has 0 bridgehead atoms. The van der Waals surface area contributed by atoms with Gasteiger partial charge in [0.15, 0.2) is 0 Å². The number of hydrogen-bond acceptors (Lipinski definition) is 4. The van der Waals surface area contributed by atoms with Crippen LogP contribution >= 0.6 is 0 Å². The summed E-state index contributed by atoms with van der Waals surface area (Å²) >= 11 is 0. The fraction of sp³-hybridized carbons (Fsp3) is 0.444. The summed E-state index contributed by atoms with van der Waals surface area (Å²) in [5.41, 5.74) is 1.85. The van der Waals surface area contributed by atoms with E-state index in [1.807, 2.05) is 36.1 Å². The Labute approximate surface area is 200 Å². The van der Waals surface area contributed by atoms with E-state index in [0.29, 0.717) is 43.7 Å². The molecule has 2 saturated heterocycles. The van der Waals surface area contributed by atoms with Gasteiger partial charge in [-0.05, 0) is 37.5 Å². The molecule has 0 spiro atoms. The largest absolute Gasteiger partial charge is 0.340 e. The van der Waals surface area contributed by atoms with E-state index >= 15 is 0 Å². The molecule has 0 saturated carbocycles. The van der Waals surface area contributed by atoms with E-state index < -0.39 is 5.66 Å². The van der Waals surface area contributed by atoms with Gasteiger partial charge in [-0.2, -0.15) is 0 Å². The second kappa shape index (κ2) is 9.22. The second-order valence-electron chi connectivity index (χ2n) is 9.63. The Morgan fingerprint density at radius 1 is 0.912 bits per heavy atom. The lowest BCUT2D eigenvalue weighted by Gasteiger charge is -2.48. The van der Waals surface area contributed by atoms with Crippen molar-refractivity contribution in [3.05, 3.63) is 65.7 Å². The molecule has 3 aliphatic heterocycles. The molecular weight excluding hydrogens is 428 g/mol. The summed E-state index contributed by atoms with van der Waals surface area (Å²) < 4.78 is 0. The first-order chi connectivity index (χ1) is 16.5. The quantitative estimate of drug-likeness (QED) is 0.665. The van der Waals surface area contributed by atoms with Crippen LogP contribution in [0.25, 0.3) is 0 Å². The number of rotatable bonds is 6. The SMILES string of the molecule is CC12CCC(=O)N1c1ccccc1C(=O)N2CCC(=O)N1CCN(CCc2ccccc2)CC1. The highest BCUT2D eigenvalue weighted by Gasteiger charge is 2.52. The molecule has 3 amide bonds. The zero-order chi connectivity index (χ0) is 23.7. The number of fused-ring (bicyclic) bond motifs is 3. The van der Waals surface area contributed by atoms with Crippen LogP contribution in [0.1, 0.15) is 42.1 Å². The molecule has 1 unspecified atom stereocenters. The number of benzene rings is 2. The van der Waals surface area contributed by atoms with E-state index in [1.54, 1.807) is 15.9 Å². The molecule has 3 aliphatic rings. The highest BCUT2D eigenvalue weighted by Crippen LogP contribution is 2.43. The number of carbonyl (C=O) groups excluding carboxylic acids is 3. The summed E-state index contributed by atoms with van der Waals surface area (Å²) in [5.74, 6) is 0.0156. The molecule has 7 nitrogen and oxygen atoms in total. The maximum Gasteiger partial charge on any atom is 0.257 e.